The van der Waals surface area contributed by atoms with Gasteiger partial charge >= 0.3 is 6.18 Å². The van der Waals surface area contributed by atoms with Crippen molar-refractivity contribution in [1.82, 2.24) is 9.88 Å². The van der Waals surface area contributed by atoms with Crippen LogP contribution in [0.15, 0.2) is 41.5 Å². The van der Waals surface area contributed by atoms with Crippen LogP contribution in [0, 0.1) is 11.9 Å². The second-order valence-corrected chi connectivity index (χ2v) is 8.12. The first-order valence-electron chi connectivity index (χ1n) is 9.94. The molecule has 3 unspecified atom stereocenters. The summed E-state index contributed by atoms with van der Waals surface area (Å²) in [5, 5.41) is 0. The Morgan fingerprint density at radius 1 is 1.26 bits per heavy atom. The zero-order valence-corrected chi connectivity index (χ0v) is 16.4. The highest BCUT2D eigenvalue weighted by molar-refractivity contribution is 5.75. The highest BCUT2D eigenvalue weighted by Gasteiger charge is 2.56. The molecule has 1 spiro atoms. The average molecular weight is 436 g/mol. The smallest absolute Gasteiger partial charge is 0.401 e. The van der Waals surface area contributed by atoms with Crippen molar-refractivity contribution >= 4 is 6.02 Å². The largest absolute Gasteiger partial charge is 0.490 e. The summed E-state index contributed by atoms with van der Waals surface area (Å²) in [6, 6.07) is 8.44. The van der Waals surface area contributed by atoms with Crippen LogP contribution in [0.4, 0.5) is 17.6 Å². The molecular formula is C21H20F4N4O2. The summed E-state index contributed by atoms with van der Waals surface area (Å²) in [5.74, 6) is -0.461. The summed E-state index contributed by atoms with van der Waals surface area (Å²) in [6.45, 7) is -0.504. The van der Waals surface area contributed by atoms with Gasteiger partial charge in [0.15, 0.2) is 0 Å². The monoisotopic (exact) mass is 436 g/mol. The number of amidine groups is 1. The Hall–Kier alpha value is -2.88. The van der Waals surface area contributed by atoms with Gasteiger partial charge in [0.25, 0.3) is 6.02 Å². The van der Waals surface area contributed by atoms with Crippen molar-refractivity contribution in [3.8, 4) is 16.9 Å². The Morgan fingerprint density at radius 2 is 2.10 bits per heavy atom. The molecule has 0 amide bonds. The molecule has 10 heteroatoms. The summed E-state index contributed by atoms with van der Waals surface area (Å²) in [4.78, 5) is 9.63. The molecule has 3 aliphatic heterocycles. The number of hydrogen-bond acceptors (Lipinski definition) is 6. The fraction of sp³-hybridized carbons (Fsp3) is 0.429. The fourth-order valence-corrected chi connectivity index (χ4v) is 4.87. The Morgan fingerprint density at radius 3 is 2.81 bits per heavy atom. The SMILES string of the molecule is NC1=NC2(CO1)c1cc(-c3cccnc3F)ccc1OC1CCN(CC(F)(F)F)CC12. The van der Waals surface area contributed by atoms with Crippen LogP contribution in [0.25, 0.3) is 11.1 Å². The predicted octanol–water partition coefficient (Wildman–Crippen LogP) is 3.07. The number of aromatic nitrogens is 1. The fourth-order valence-electron chi connectivity index (χ4n) is 4.87. The van der Waals surface area contributed by atoms with Crippen molar-refractivity contribution in [2.24, 2.45) is 16.6 Å². The number of hydrogen-bond donors (Lipinski definition) is 1. The zero-order chi connectivity index (χ0) is 21.8. The molecule has 4 heterocycles. The van der Waals surface area contributed by atoms with E-state index in [4.69, 9.17) is 15.2 Å². The standard InChI is InChI=1S/C21H20F4N4O2/c22-18-13(2-1-6-27-18)12-3-4-16-14(8-12)20(11-30-19(26)28-20)15-9-29(10-21(23,24)25)7-5-17(15)31-16/h1-4,6,8,15,17H,5,7,9-11H2,(H2,26,28). The molecule has 0 radical (unpaired) electrons. The first kappa shape index (κ1) is 20.0. The van der Waals surface area contributed by atoms with Crippen LogP contribution in [-0.2, 0) is 10.3 Å². The number of alkyl halides is 3. The molecule has 0 aliphatic carbocycles. The molecule has 0 bridgehead atoms. The molecule has 1 saturated heterocycles. The Bertz CT molecular complexity index is 1040. The second-order valence-electron chi connectivity index (χ2n) is 8.12. The molecular weight excluding hydrogens is 416 g/mol. The van der Waals surface area contributed by atoms with Gasteiger partial charge < -0.3 is 15.2 Å². The number of benzene rings is 1. The van der Waals surface area contributed by atoms with Gasteiger partial charge in [-0.2, -0.15) is 17.6 Å². The summed E-state index contributed by atoms with van der Waals surface area (Å²) < 4.78 is 65.0. The third kappa shape index (κ3) is 3.48. The number of nitrogens with zero attached hydrogens (tertiary/aromatic N) is 3. The maximum absolute atomic E-state index is 14.3. The summed E-state index contributed by atoms with van der Waals surface area (Å²) in [7, 11) is 0. The van der Waals surface area contributed by atoms with Crippen LogP contribution in [-0.4, -0.2) is 54.4 Å². The van der Waals surface area contributed by atoms with Crippen LogP contribution in [0.3, 0.4) is 0 Å². The molecule has 3 aliphatic rings. The van der Waals surface area contributed by atoms with Gasteiger partial charge in [0.05, 0.1) is 6.54 Å². The highest BCUT2D eigenvalue weighted by Crippen LogP contribution is 2.51. The van der Waals surface area contributed by atoms with Crippen LogP contribution in [0.5, 0.6) is 5.75 Å². The summed E-state index contributed by atoms with van der Waals surface area (Å²) >= 11 is 0. The van der Waals surface area contributed by atoms with E-state index in [1.807, 2.05) is 0 Å². The van der Waals surface area contributed by atoms with Gasteiger partial charge in [-0.25, -0.2) is 9.98 Å². The lowest BCUT2D eigenvalue weighted by atomic mass is 9.71. The van der Waals surface area contributed by atoms with Crippen molar-refractivity contribution in [1.29, 1.82) is 0 Å². The van der Waals surface area contributed by atoms with Gasteiger partial charge in [0.1, 0.15) is 24.0 Å². The molecule has 0 saturated carbocycles. The van der Waals surface area contributed by atoms with E-state index in [0.29, 0.717) is 28.9 Å². The number of likely N-dealkylation sites (tertiary alicyclic amines) is 1. The summed E-state index contributed by atoms with van der Waals surface area (Å²) in [5.41, 5.74) is 6.35. The Kier molecular flexibility index (Phi) is 4.58. The van der Waals surface area contributed by atoms with Crippen LogP contribution in [0.2, 0.25) is 0 Å². The lowest BCUT2D eigenvalue weighted by Gasteiger charge is -2.49. The number of ether oxygens (including phenoxy) is 2. The second kappa shape index (κ2) is 7.08. The molecule has 5 rings (SSSR count). The van der Waals surface area contributed by atoms with E-state index in [1.165, 1.54) is 11.1 Å². The number of rotatable bonds is 2. The van der Waals surface area contributed by atoms with Gasteiger partial charge in [-0.05, 0) is 36.2 Å². The van der Waals surface area contributed by atoms with Crippen molar-refractivity contribution in [3.05, 3.63) is 48.0 Å². The minimum absolute atomic E-state index is 0.0162. The van der Waals surface area contributed by atoms with E-state index in [9.17, 15) is 17.6 Å². The van der Waals surface area contributed by atoms with Crippen molar-refractivity contribution < 1.29 is 27.0 Å². The Labute approximate surface area is 175 Å². The number of aliphatic imine (C=N–C) groups is 1. The van der Waals surface area contributed by atoms with Gasteiger partial charge in [-0.1, -0.05) is 6.07 Å². The lowest BCUT2D eigenvalue weighted by molar-refractivity contribution is -0.156. The third-order valence-corrected chi connectivity index (χ3v) is 6.19. The molecule has 1 aromatic carbocycles. The normalized spacial score (nSPS) is 27.8. The number of halogens is 4. The number of piperidine rings is 1. The van der Waals surface area contributed by atoms with E-state index in [1.54, 1.807) is 30.3 Å². The quantitative estimate of drug-likeness (QED) is 0.579. The first-order valence-corrected chi connectivity index (χ1v) is 9.94. The van der Waals surface area contributed by atoms with Crippen molar-refractivity contribution in [2.45, 2.75) is 24.2 Å². The number of fused-ring (bicyclic) bond motifs is 4. The Balaban J connectivity index is 1.58. The van der Waals surface area contributed by atoms with Gasteiger partial charge in [0, 0.05) is 36.3 Å². The predicted molar refractivity (Wildman–Crippen MR) is 104 cm³/mol. The topological polar surface area (TPSA) is 73.0 Å². The van der Waals surface area contributed by atoms with E-state index < -0.39 is 30.1 Å². The lowest BCUT2D eigenvalue weighted by Crippen LogP contribution is -2.58. The molecule has 1 fully saturated rings. The van der Waals surface area contributed by atoms with Crippen molar-refractivity contribution in [3.63, 3.8) is 0 Å². The van der Waals surface area contributed by atoms with Crippen LogP contribution in [0.1, 0.15) is 12.0 Å². The molecule has 1 aromatic heterocycles. The highest BCUT2D eigenvalue weighted by atomic mass is 19.4. The maximum Gasteiger partial charge on any atom is 0.401 e. The number of pyridine rings is 1. The van der Waals surface area contributed by atoms with Gasteiger partial charge in [-0.3, -0.25) is 4.90 Å². The van der Waals surface area contributed by atoms with E-state index in [0.717, 1.165) is 0 Å². The van der Waals surface area contributed by atoms with E-state index in [-0.39, 0.29) is 31.8 Å². The van der Waals surface area contributed by atoms with E-state index in [2.05, 4.69) is 9.98 Å². The molecule has 6 nitrogen and oxygen atoms in total. The molecule has 164 valence electrons. The third-order valence-electron chi connectivity index (χ3n) is 6.19. The molecule has 3 atom stereocenters. The summed E-state index contributed by atoms with van der Waals surface area (Å²) in [6.07, 6.45) is -2.83. The minimum Gasteiger partial charge on any atom is -0.490 e. The average Bonchev–Trinajstić information content (AvgIpc) is 3.10. The van der Waals surface area contributed by atoms with E-state index >= 15 is 0 Å². The molecule has 2 N–H and O–H groups in total. The van der Waals surface area contributed by atoms with Crippen LogP contribution < -0.4 is 10.5 Å². The van der Waals surface area contributed by atoms with Gasteiger partial charge in [0.2, 0.25) is 5.95 Å². The number of nitrogens with two attached hydrogens (primary N) is 1. The first-order chi connectivity index (χ1) is 14.7. The zero-order valence-electron chi connectivity index (χ0n) is 16.4. The maximum atomic E-state index is 14.3. The molecule has 31 heavy (non-hydrogen) atoms. The minimum atomic E-state index is -4.30. The molecule has 2 aromatic rings. The van der Waals surface area contributed by atoms with Crippen molar-refractivity contribution in [2.75, 3.05) is 26.2 Å². The van der Waals surface area contributed by atoms with Gasteiger partial charge in [-0.15, -0.1) is 0 Å². The van der Waals surface area contributed by atoms with Crippen LogP contribution >= 0.6 is 0 Å².